The minimum absolute atomic E-state index is 0.00160. The molecule has 6 rings (SSSR count). The summed E-state index contributed by atoms with van der Waals surface area (Å²) in [6.45, 7) is 11.8. The summed E-state index contributed by atoms with van der Waals surface area (Å²) in [6, 6.07) is 12.8. The number of hydrogen-bond donors (Lipinski definition) is 4. The molecule has 0 unspecified atom stereocenters. The van der Waals surface area contributed by atoms with Crippen LogP contribution in [0.4, 0.5) is 0 Å². The number of fused-ring (bicyclic) bond motifs is 4. The molecule has 8 nitrogen and oxygen atoms in total. The Morgan fingerprint density at radius 1 is 0.542 bits per heavy atom. The van der Waals surface area contributed by atoms with Crippen LogP contribution in [0.1, 0.15) is 105 Å². The first-order chi connectivity index (χ1) is 22.8. The average Bonchev–Trinajstić information content (AvgIpc) is 2.97. The molecule has 48 heavy (non-hydrogen) atoms. The van der Waals surface area contributed by atoms with Crippen molar-refractivity contribution in [1.29, 1.82) is 0 Å². The van der Waals surface area contributed by atoms with Crippen LogP contribution in [-0.2, 0) is 0 Å². The van der Waals surface area contributed by atoms with E-state index in [-0.39, 0.29) is 58.5 Å². The van der Waals surface area contributed by atoms with Crippen LogP contribution in [0, 0.1) is 13.8 Å². The number of phenolic OH excluding ortho intramolecular Hbond substituents is 4. The average molecular weight is 647 g/mol. The minimum atomic E-state index is -0.796. The first-order valence-corrected chi connectivity index (χ1v) is 15.8. The van der Waals surface area contributed by atoms with Crippen molar-refractivity contribution in [3.8, 4) is 34.5 Å². The zero-order valence-corrected chi connectivity index (χ0v) is 27.8. The summed E-state index contributed by atoms with van der Waals surface area (Å²) in [5.41, 5.74) is 5.29. The number of allylic oxidation sites excluding steroid dienone is 2. The van der Waals surface area contributed by atoms with Gasteiger partial charge in [-0.1, -0.05) is 23.3 Å². The molecule has 0 aromatic heterocycles. The van der Waals surface area contributed by atoms with Gasteiger partial charge in [-0.25, -0.2) is 0 Å². The molecule has 4 aromatic carbocycles. The third-order valence-electron chi connectivity index (χ3n) is 8.89. The number of ether oxygens (including phenoxy) is 2. The van der Waals surface area contributed by atoms with Gasteiger partial charge in [0.25, 0.3) is 0 Å². The third-order valence-corrected chi connectivity index (χ3v) is 8.89. The molecule has 0 fully saturated rings. The van der Waals surface area contributed by atoms with E-state index in [0.717, 1.165) is 11.1 Å². The van der Waals surface area contributed by atoms with E-state index in [2.05, 4.69) is 0 Å². The summed E-state index contributed by atoms with van der Waals surface area (Å²) in [5, 5.41) is 45.2. The molecular weight excluding hydrogens is 608 g/mol. The van der Waals surface area contributed by atoms with Gasteiger partial charge >= 0.3 is 0 Å². The van der Waals surface area contributed by atoms with Crippen molar-refractivity contribution in [3.63, 3.8) is 0 Å². The lowest BCUT2D eigenvalue weighted by molar-refractivity contribution is 0.101. The molecule has 0 bridgehead atoms. The Hall–Kier alpha value is -5.50. The second-order valence-corrected chi connectivity index (χ2v) is 13.1. The Balaban J connectivity index is 1.69. The van der Waals surface area contributed by atoms with E-state index in [4.69, 9.17) is 9.47 Å². The molecule has 0 saturated carbocycles. The van der Waals surface area contributed by atoms with Crippen LogP contribution in [0.15, 0.2) is 71.8 Å². The number of carbonyl (C=O) groups is 2. The Morgan fingerprint density at radius 3 is 1.19 bits per heavy atom. The number of hydrogen-bond acceptors (Lipinski definition) is 8. The van der Waals surface area contributed by atoms with Gasteiger partial charge in [0.15, 0.2) is 0 Å². The fraction of sp³-hybridized carbons (Fsp3) is 0.250. The van der Waals surface area contributed by atoms with Crippen molar-refractivity contribution in [2.75, 3.05) is 13.2 Å². The van der Waals surface area contributed by atoms with Crippen LogP contribution >= 0.6 is 0 Å². The maximum absolute atomic E-state index is 14.1. The predicted octanol–water partition coefficient (Wildman–Crippen LogP) is 7.87. The molecule has 4 N–H and O–H groups in total. The fourth-order valence-corrected chi connectivity index (χ4v) is 6.88. The summed E-state index contributed by atoms with van der Waals surface area (Å²) in [6.07, 6.45) is 3.78. The van der Waals surface area contributed by atoms with Crippen LogP contribution in [0.25, 0.3) is 0 Å². The van der Waals surface area contributed by atoms with Crippen molar-refractivity contribution in [2.45, 2.75) is 53.4 Å². The molecule has 0 radical (unpaired) electrons. The van der Waals surface area contributed by atoms with E-state index in [9.17, 15) is 30.0 Å². The molecule has 4 aromatic rings. The van der Waals surface area contributed by atoms with Crippen molar-refractivity contribution < 1.29 is 39.5 Å². The lowest BCUT2D eigenvalue weighted by atomic mass is 9.63. The minimum Gasteiger partial charge on any atom is -0.507 e. The number of phenols is 4. The molecule has 0 amide bonds. The Labute approximate surface area is 279 Å². The molecule has 246 valence electrons. The summed E-state index contributed by atoms with van der Waals surface area (Å²) in [5.74, 6) is -3.17. The largest absolute Gasteiger partial charge is 0.507 e. The molecule has 2 atom stereocenters. The normalized spacial score (nSPS) is 15.9. The molecule has 8 heteroatoms. The van der Waals surface area contributed by atoms with Crippen LogP contribution in [0.3, 0.4) is 0 Å². The van der Waals surface area contributed by atoms with Gasteiger partial charge in [-0.3, -0.25) is 9.59 Å². The maximum atomic E-state index is 14.1. The number of aryl methyl sites for hydroxylation is 2. The van der Waals surface area contributed by atoms with Gasteiger partial charge in [-0.15, -0.1) is 0 Å². The molecule has 0 aliphatic heterocycles. The van der Waals surface area contributed by atoms with Crippen LogP contribution < -0.4 is 9.47 Å². The molecule has 2 aliphatic rings. The van der Waals surface area contributed by atoms with Gasteiger partial charge in [-0.05, 0) is 111 Å². The third kappa shape index (κ3) is 5.57. The van der Waals surface area contributed by atoms with Gasteiger partial charge < -0.3 is 29.9 Å². The zero-order chi connectivity index (χ0) is 34.6. The zero-order valence-electron chi connectivity index (χ0n) is 27.8. The highest BCUT2D eigenvalue weighted by atomic mass is 16.5. The van der Waals surface area contributed by atoms with E-state index < -0.39 is 23.4 Å². The molecule has 0 heterocycles. The van der Waals surface area contributed by atoms with Gasteiger partial charge in [0.1, 0.15) is 47.7 Å². The lowest BCUT2D eigenvalue weighted by Crippen LogP contribution is -2.30. The topological polar surface area (TPSA) is 134 Å². The van der Waals surface area contributed by atoms with E-state index in [1.54, 1.807) is 26.0 Å². The smallest absolute Gasteiger partial charge is 0.201 e. The molecule has 0 saturated heterocycles. The predicted molar refractivity (Wildman–Crippen MR) is 182 cm³/mol. The number of rotatable bonds is 7. The van der Waals surface area contributed by atoms with Crippen LogP contribution in [0.5, 0.6) is 34.5 Å². The Bertz CT molecular complexity index is 1930. The summed E-state index contributed by atoms with van der Waals surface area (Å²) in [4.78, 5) is 28.2. The van der Waals surface area contributed by atoms with Gasteiger partial charge in [0.2, 0.25) is 11.6 Å². The highest BCUT2D eigenvalue weighted by molar-refractivity contribution is 6.18. The summed E-state index contributed by atoms with van der Waals surface area (Å²) >= 11 is 0. The first kappa shape index (κ1) is 32.4. The second kappa shape index (κ2) is 12.3. The number of ketones is 2. The van der Waals surface area contributed by atoms with Crippen molar-refractivity contribution in [2.24, 2.45) is 0 Å². The quantitative estimate of drug-likeness (QED) is 0.149. The number of aromatic hydroxyl groups is 4. The van der Waals surface area contributed by atoms with E-state index in [0.29, 0.717) is 44.9 Å². The molecular formula is C40H38O8. The van der Waals surface area contributed by atoms with Crippen LogP contribution in [0.2, 0.25) is 0 Å². The first-order valence-electron chi connectivity index (χ1n) is 15.8. The van der Waals surface area contributed by atoms with Gasteiger partial charge in [-0.2, -0.15) is 0 Å². The van der Waals surface area contributed by atoms with Crippen molar-refractivity contribution >= 4 is 11.6 Å². The fourth-order valence-electron chi connectivity index (χ4n) is 6.88. The monoisotopic (exact) mass is 646 g/mol. The maximum Gasteiger partial charge on any atom is 0.201 e. The standard InChI is InChI=1S/C40H38O8/c1-19(2)7-9-47-23-15-27-33(25-11-21(5)13-29(41)35(25)39(45)37(27)31(43)17-23)34-26-12-22(6)14-30(42)36(26)40(46)38-28(34)16-24(18-32(38)44)48-10-8-20(3)4/h7-8,11-18,33-34,41-44H,9-10H2,1-6H3/t33-,34-/m0/s1. The lowest BCUT2D eigenvalue weighted by Gasteiger charge is -2.39. The number of carbonyl (C=O) groups excluding carboxylic acids is 2. The summed E-state index contributed by atoms with van der Waals surface area (Å²) < 4.78 is 12.0. The van der Waals surface area contributed by atoms with Crippen molar-refractivity contribution in [1.82, 2.24) is 0 Å². The van der Waals surface area contributed by atoms with E-state index in [1.807, 2.05) is 52.0 Å². The second-order valence-electron chi connectivity index (χ2n) is 13.1. The van der Waals surface area contributed by atoms with E-state index in [1.165, 1.54) is 24.3 Å². The highest BCUT2D eigenvalue weighted by Gasteiger charge is 2.46. The SMILES string of the molecule is CC(C)=CCOc1cc(O)c2c(c1)[C@@H]([C@H]1c3cc(C)cc(O)c3C(=O)c3c(O)cc(OCC=C(C)C)cc31)c1cc(C)cc(O)c1C2=O. The molecule has 0 spiro atoms. The van der Waals surface area contributed by atoms with Crippen LogP contribution in [-0.4, -0.2) is 45.2 Å². The van der Waals surface area contributed by atoms with Gasteiger partial charge in [0, 0.05) is 24.0 Å². The summed E-state index contributed by atoms with van der Waals surface area (Å²) in [7, 11) is 0. The van der Waals surface area contributed by atoms with Gasteiger partial charge in [0.05, 0.1) is 22.3 Å². The highest BCUT2D eigenvalue weighted by Crippen LogP contribution is 2.57. The number of benzene rings is 4. The Morgan fingerprint density at radius 2 is 0.854 bits per heavy atom. The van der Waals surface area contributed by atoms with E-state index >= 15 is 0 Å². The molecule has 2 aliphatic carbocycles. The van der Waals surface area contributed by atoms with Crippen molar-refractivity contribution in [3.05, 3.63) is 127 Å². The Kier molecular flexibility index (Phi) is 8.29.